The molecule has 8 heteroatoms. The number of rotatable bonds is 9. The molecule has 2 rings (SSSR count). The van der Waals surface area contributed by atoms with Crippen molar-refractivity contribution in [3.8, 4) is 0 Å². The number of hydrogen-bond acceptors (Lipinski definition) is 5. The molecular weight excluding hydrogens is 390 g/mol. The Morgan fingerprint density at radius 2 is 1.97 bits per heavy atom. The number of benzene rings is 1. The molecule has 156 valence electrons. The highest BCUT2D eigenvalue weighted by molar-refractivity contribution is 7.98. The van der Waals surface area contributed by atoms with Gasteiger partial charge in [-0.2, -0.15) is 11.8 Å². The van der Waals surface area contributed by atoms with Crippen LogP contribution in [0.1, 0.15) is 28.1 Å². The zero-order chi connectivity index (χ0) is 21.4. The number of anilines is 1. The molecule has 1 aromatic heterocycles. The lowest BCUT2D eigenvalue weighted by Crippen LogP contribution is -2.49. The zero-order valence-corrected chi connectivity index (χ0v) is 18.0. The van der Waals surface area contributed by atoms with E-state index in [1.165, 1.54) is 17.2 Å². The molecule has 1 unspecified atom stereocenters. The van der Waals surface area contributed by atoms with Crippen molar-refractivity contribution in [3.05, 3.63) is 53.5 Å². The normalized spacial score (nSPS) is 11.6. The summed E-state index contributed by atoms with van der Waals surface area (Å²) in [6.45, 7) is 3.74. The van der Waals surface area contributed by atoms with E-state index in [0.717, 1.165) is 16.8 Å². The van der Waals surface area contributed by atoms with Gasteiger partial charge in [0.15, 0.2) is 5.76 Å². The first kappa shape index (κ1) is 22.5. The number of furan rings is 1. The monoisotopic (exact) mass is 417 g/mol. The highest BCUT2D eigenvalue weighted by Gasteiger charge is 2.26. The zero-order valence-electron chi connectivity index (χ0n) is 17.2. The van der Waals surface area contributed by atoms with Gasteiger partial charge in [0.2, 0.25) is 11.8 Å². The van der Waals surface area contributed by atoms with Crippen LogP contribution in [0.25, 0.3) is 0 Å². The van der Waals surface area contributed by atoms with Gasteiger partial charge in [-0.15, -0.1) is 0 Å². The minimum atomic E-state index is -0.737. The molecule has 0 aliphatic rings. The molecule has 29 heavy (non-hydrogen) atoms. The summed E-state index contributed by atoms with van der Waals surface area (Å²) in [6, 6.07) is 8.20. The molecule has 3 amide bonds. The van der Waals surface area contributed by atoms with Crippen LogP contribution in [0.5, 0.6) is 0 Å². The van der Waals surface area contributed by atoms with Gasteiger partial charge >= 0.3 is 0 Å². The summed E-state index contributed by atoms with van der Waals surface area (Å²) >= 11 is 1.58. The van der Waals surface area contributed by atoms with Gasteiger partial charge < -0.3 is 20.0 Å². The number of likely N-dealkylation sites (N-methyl/N-ethyl adjacent to an activating group) is 1. The van der Waals surface area contributed by atoms with Gasteiger partial charge in [0.05, 0.1) is 12.8 Å². The quantitative estimate of drug-likeness (QED) is 0.655. The van der Waals surface area contributed by atoms with Gasteiger partial charge in [-0.3, -0.25) is 14.4 Å². The first-order valence-electron chi connectivity index (χ1n) is 9.27. The molecule has 2 N–H and O–H groups in total. The Morgan fingerprint density at radius 3 is 2.62 bits per heavy atom. The molecule has 2 aromatic rings. The molecule has 0 spiro atoms. The second kappa shape index (κ2) is 10.7. The van der Waals surface area contributed by atoms with Crippen molar-refractivity contribution in [2.45, 2.75) is 26.3 Å². The van der Waals surface area contributed by atoms with Gasteiger partial charge in [-0.25, -0.2) is 0 Å². The lowest BCUT2D eigenvalue weighted by molar-refractivity contribution is -0.135. The number of carbonyl (C=O) groups excluding carboxylic acids is 3. The maximum atomic E-state index is 12.9. The van der Waals surface area contributed by atoms with Crippen LogP contribution in [0.4, 0.5) is 5.69 Å². The summed E-state index contributed by atoms with van der Waals surface area (Å²) in [5, 5.41) is 5.55. The van der Waals surface area contributed by atoms with Gasteiger partial charge in [0, 0.05) is 12.7 Å². The fourth-order valence-electron chi connectivity index (χ4n) is 2.75. The van der Waals surface area contributed by atoms with Crippen LogP contribution < -0.4 is 10.6 Å². The Morgan fingerprint density at radius 1 is 1.21 bits per heavy atom. The van der Waals surface area contributed by atoms with Gasteiger partial charge in [0.1, 0.15) is 6.04 Å². The third-order valence-electron chi connectivity index (χ3n) is 4.38. The number of carbonyl (C=O) groups is 3. The molecule has 0 aliphatic heterocycles. The molecule has 1 atom stereocenters. The first-order valence-corrected chi connectivity index (χ1v) is 10.7. The maximum absolute atomic E-state index is 12.9. The summed E-state index contributed by atoms with van der Waals surface area (Å²) < 4.78 is 5.09. The van der Waals surface area contributed by atoms with Crippen LogP contribution in [-0.4, -0.2) is 54.3 Å². The molecule has 0 saturated carbocycles. The molecule has 0 aliphatic carbocycles. The number of amides is 3. The van der Waals surface area contributed by atoms with Crippen LogP contribution in [0.3, 0.4) is 0 Å². The largest absolute Gasteiger partial charge is 0.459 e. The Labute approximate surface area is 175 Å². The van der Waals surface area contributed by atoms with E-state index in [2.05, 4.69) is 10.6 Å². The lowest BCUT2D eigenvalue weighted by Gasteiger charge is -2.24. The van der Waals surface area contributed by atoms with Crippen molar-refractivity contribution in [3.63, 3.8) is 0 Å². The standard InChI is InChI=1S/C21H27N3O4S/c1-14-7-8-15(2)17(12-14)22-19(25)13-24(3)21(27)16(9-11-29-4)23-20(26)18-6-5-10-28-18/h5-8,10,12,16H,9,11,13H2,1-4H3,(H,22,25)(H,23,26). The van der Waals surface area contributed by atoms with Crippen molar-refractivity contribution in [2.24, 2.45) is 0 Å². The van der Waals surface area contributed by atoms with Crippen molar-refractivity contribution < 1.29 is 18.8 Å². The van der Waals surface area contributed by atoms with E-state index >= 15 is 0 Å². The van der Waals surface area contributed by atoms with Gasteiger partial charge in [-0.1, -0.05) is 12.1 Å². The van der Waals surface area contributed by atoms with Crippen molar-refractivity contribution in [1.82, 2.24) is 10.2 Å². The van der Waals surface area contributed by atoms with E-state index in [1.807, 2.05) is 38.3 Å². The molecule has 0 fully saturated rings. The van der Waals surface area contributed by atoms with E-state index in [4.69, 9.17) is 4.42 Å². The van der Waals surface area contributed by atoms with E-state index in [9.17, 15) is 14.4 Å². The predicted octanol–water partition coefficient (Wildman–Crippen LogP) is 2.85. The lowest BCUT2D eigenvalue weighted by atomic mass is 10.1. The average molecular weight is 418 g/mol. The van der Waals surface area contributed by atoms with Gasteiger partial charge in [-0.05, 0) is 61.6 Å². The van der Waals surface area contributed by atoms with Crippen LogP contribution in [0.15, 0.2) is 41.0 Å². The average Bonchev–Trinajstić information content (AvgIpc) is 3.22. The smallest absolute Gasteiger partial charge is 0.287 e. The summed E-state index contributed by atoms with van der Waals surface area (Å²) in [6.07, 6.45) is 3.78. The van der Waals surface area contributed by atoms with Crippen molar-refractivity contribution in [2.75, 3.05) is 30.9 Å². The topological polar surface area (TPSA) is 91.7 Å². The SMILES string of the molecule is CSCCC(NC(=O)c1ccco1)C(=O)N(C)CC(=O)Nc1cc(C)ccc1C. The Bertz CT molecular complexity index is 852. The predicted molar refractivity (Wildman–Crippen MR) is 115 cm³/mol. The molecule has 0 bridgehead atoms. The van der Waals surface area contributed by atoms with E-state index in [1.54, 1.807) is 24.9 Å². The second-order valence-electron chi connectivity index (χ2n) is 6.85. The number of aryl methyl sites for hydroxylation is 2. The first-order chi connectivity index (χ1) is 13.8. The molecule has 7 nitrogen and oxygen atoms in total. The number of hydrogen-bond donors (Lipinski definition) is 2. The van der Waals surface area contributed by atoms with Crippen LogP contribution in [0, 0.1) is 13.8 Å². The minimum Gasteiger partial charge on any atom is -0.459 e. The highest BCUT2D eigenvalue weighted by atomic mass is 32.2. The summed E-state index contributed by atoms with van der Waals surface area (Å²) in [7, 11) is 1.55. The Kier molecular flexibility index (Phi) is 8.33. The summed E-state index contributed by atoms with van der Waals surface area (Å²) in [5.74, 6) is -0.243. The molecular formula is C21H27N3O4S. The summed E-state index contributed by atoms with van der Waals surface area (Å²) in [4.78, 5) is 38.9. The number of nitrogens with zero attached hydrogens (tertiary/aromatic N) is 1. The maximum Gasteiger partial charge on any atom is 0.287 e. The van der Waals surface area contributed by atoms with E-state index < -0.39 is 11.9 Å². The van der Waals surface area contributed by atoms with Crippen LogP contribution in [0.2, 0.25) is 0 Å². The summed E-state index contributed by atoms with van der Waals surface area (Å²) in [5.41, 5.74) is 2.70. The third kappa shape index (κ3) is 6.67. The molecule has 1 heterocycles. The second-order valence-corrected chi connectivity index (χ2v) is 7.83. The van der Waals surface area contributed by atoms with Crippen molar-refractivity contribution in [1.29, 1.82) is 0 Å². The third-order valence-corrected chi connectivity index (χ3v) is 5.03. The molecule has 0 saturated heterocycles. The van der Waals surface area contributed by atoms with E-state index in [-0.39, 0.29) is 24.1 Å². The number of thioether (sulfide) groups is 1. The molecule has 1 aromatic carbocycles. The van der Waals surface area contributed by atoms with Gasteiger partial charge in [0.25, 0.3) is 5.91 Å². The van der Waals surface area contributed by atoms with Crippen molar-refractivity contribution >= 4 is 35.2 Å². The fraction of sp³-hybridized carbons (Fsp3) is 0.381. The molecule has 0 radical (unpaired) electrons. The number of nitrogens with one attached hydrogen (secondary N) is 2. The van der Waals surface area contributed by atoms with Crippen LogP contribution >= 0.6 is 11.8 Å². The Balaban J connectivity index is 2.00. The highest BCUT2D eigenvalue weighted by Crippen LogP contribution is 2.16. The van der Waals surface area contributed by atoms with Crippen LogP contribution in [-0.2, 0) is 9.59 Å². The minimum absolute atomic E-state index is 0.112. The fourth-order valence-corrected chi connectivity index (χ4v) is 3.22. The Hall–Kier alpha value is -2.74. The van der Waals surface area contributed by atoms with E-state index in [0.29, 0.717) is 12.2 Å².